The summed E-state index contributed by atoms with van der Waals surface area (Å²) in [4.78, 5) is 28.8. The number of aromatic nitrogens is 4. The average Bonchev–Trinajstić information content (AvgIpc) is 2.88. The number of carbonyl (C=O) groups is 1. The van der Waals surface area contributed by atoms with E-state index in [4.69, 9.17) is 0 Å². The van der Waals surface area contributed by atoms with Gasteiger partial charge in [-0.15, -0.1) is 6.58 Å². The highest BCUT2D eigenvalue weighted by Crippen LogP contribution is 2.18. The summed E-state index contributed by atoms with van der Waals surface area (Å²) in [5.41, 5.74) is 0.150. The van der Waals surface area contributed by atoms with Gasteiger partial charge in [0.25, 0.3) is 5.56 Å². The van der Waals surface area contributed by atoms with E-state index in [0.717, 1.165) is 0 Å². The van der Waals surface area contributed by atoms with Crippen LogP contribution in [0.5, 0.6) is 0 Å². The van der Waals surface area contributed by atoms with E-state index in [9.17, 15) is 9.59 Å². The molecule has 0 aliphatic rings. The Morgan fingerprint density at radius 3 is 2.74 bits per heavy atom. The molecular weight excluding hydrogens is 294 g/mol. The van der Waals surface area contributed by atoms with Crippen molar-refractivity contribution in [2.45, 2.75) is 46.2 Å². The molecule has 2 rings (SSSR count). The molecule has 2 heterocycles. The van der Waals surface area contributed by atoms with Crippen LogP contribution in [0, 0.1) is 6.92 Å². The molecule has 0 aliphatic heterocycles. The maximum Gasteiger partial charge on any atom is 0.264 e. The second-order valence-corrected chi connectivity index (χ2v) is 6.42. The quantitative estimate of drug-likeness (QED) is 0.844. The second-order valence-electron chi connectivity index (χ2n) is 6.42. The third-order valence-corrected chi connectivity index (χ3v) is 3.52. The highest BCUT2D eigenvalue weighted by atomic mass is 16.1. The molecule has 0 aliphatic carbocycles. The number of hydrogen-bond donors (Lipinski definition) is 1. The number of carbonyl (C=O) groups excluding carboxylic acids is 1. The van der Waals surface area contributed by atoms with E-state index in [2.05, 4.69) is 22.0 Å². The van der Waals surface area contributed by atoms with E-state index in [0.29, 0.717) is 23.4 Å². The van der Waals surface area contributed by atoms with Gasteiger partial charge in [-0.05, 0) is 27.7 Å². The first-order valence-electron chi connectivity index (χ1n) is 7.59. The van der Waals surface area contributed by atoms with Gasteiger partial charge in [0.05, 0.1) is 11.7 Å². The molecule has 124 valence electrons. The van der Waals surface area contributed by atoms with Gasteiger partial charge in [0.1, 0.15) is 11.2 Å². The number of amides is 1. The third kappa shape index (κ3) is 3.49. The fourth-order valence-corrected chi connectivity index (χ4v) is 2.35. The summed E-state index contributed by atoms with van der Waals surface area (Å²) >= 11 is 0. The van der Waals surface area contributed by atoms with Crippen molar-refractivity contribution in [1.82, 2.24) is 24.6 Å². The van der Waals surface area contributed by atoms with Crippen molar-refractivity contribution in [2.24, 2.45) is 0 Å². The summed E-state index contributed by atoms with van der Waals surface area (Å²) in [6, 6.07) is 0. The normalized spacial score (nSPS) is 11.7. The van der Waals surface area contributed by atoms with Crippen LogP contribution < -0.4 is 10.9 Å². The van der Waals surface area contributed by atoms with Crippen molar-refractivity contribution in [3.63, 3.8) is 0 Å². The molecule has 0 saturated heterocycles. The zero-order valence-corrected chi connectivity index (χ0v) is 14.1. The van der Waals surface area contributed by atoms with E-state index in [-0.39, 0.29) is 30.0 Å². The lowest BCUT2D eigenvalue weighted by Gasteiger charge is -2.20. The predicted molar refractivity (Wildman–Crippen MR) is 89.3 cm³/mol. The smallest absolute Gasteiger partial charge is 0.264 e. The molecular formula is C16H23N5O2. The second kappa shape index (κ2) is 6.36. The van der Waals surface area contributed by atoms with Gasteiger partial charge in [-0.1, -0.05) is 6.08 Å². The SMILES string of the molecule is C=CCNC(=O)CCn1c(C)nc2c(cnn2C(C)(C)C)c1=O. The van der Waals surface area contributed by atoms with Crippen LogP contribution in [-0.4, -0.2) is 31.8 Å². The molecule has 0 saturated carbocycles. The van der Waals surface area contributed by atoms with Crippen LogP contribution >= 0.6 is 0 Å². The lowest BCUT2D eigenvalue weighted by Crippen LogP contribution is -2.30. The Balaban J connectivity index is 2.34. The standard InChI is InChI=1S/C16H23N5O2/c1-6-8-17-13(22)7-9-20-11(2)19-14-12(15(20)23)10-18-21(14)16(3,4)5/h6,10H,1,7-9H2,2-5H3,(H,17,22). The van der Waals surface area contributed by atoms with Crippen molar-refractivity contribution in [3.05, 3.63) is 35.0 Å². The number of nitrogens with one attached hydrogen (secondary N) is 1. The van der Waals surface area contributed by atoms with E-state index in [1.54, 1.807) is 23.9 Å². The van der Waals surface area contributed by atoms with Gasteiger partial charge in [-0.25, -0.2) is 9.67 Å². The molecule has 0 spiro atoms. The number of aryl methyl sites for hydroxylation is 1. The van der Waals surface area contributed by atoms with Gasteiger partial charge in [-0.3, -0.25) is 14.2 Å². The minimum atomic E-state index is -0.260. The van der Waals surface area contributed by atoms with E-state index < -0.39 is 0 Å². The number of nitrogens with zero attached hydrogens (tertiary/aromatic N) is 4. The first-order chi connectivity index (χ1) is 10.8. The molecule has 0 fully saturated rings. The largest absolute Gasteiger partial charge is 0.353 e. The van der Waals surface area contributed by atoms with Gasteiger partial charge in [0.15, 0.2) is 5.65 Å². The van der Waals surface area contributed by atoms with Crippen molar-refractivity contribution < 1.29 is 4.79 Å². The number of fused-ring (bicyclic) bond motifs is 1. The molecule has 1 N–H and O–H groups in total. The average molecular weight is 317 g/mol. The predicted octanol–water partition coefficient (Wildman–Crippen LogP) is 1.35. The van der Waals surface area contributed by atoms with Crippen LogP contribution in [0.4, 0.5) is 0 Å². The van der Waals surface area contributed by atoms with Crippen molar-refractivity contribution in [1.29, 1.82) is 0 Å². The fourth-order valence-electron chi connectivity index (χ4n) is 2.35. The Hall–Kier alpha value is -2.44. The molecule has 2 aromatic rings. The Morgan fingerprint density at radius 1 is 1.43 bits per heavy atom. The van der Waals surface area contributed by atoms with Gasteiger partial charge < -0.3 is 5.32 Å². The molecule has 2 aromatic heterocycles. The molecule has 7 nitrogen and oxygen atoms in total. The highest BCUT2D eigenvalue weighted by Gasteiger charge is 2.20. The van der Waals surface area contributed by atoms with Crippen LogP contribution in [0.1, 0.15) is 33.0 Å². The number of rotatable bonds is 5. The summed E-state index contributed by atoms with van der Waals surface area (Å²) in [5, 5.41) is 7.46. The number of hydrogen-bond acceptors (Lipinski definition) is 4. The molecule has 0 bridgehead atoms. The molecule has 0 radical (unpaired) electrons. The fraction of sp³-hybridized carbons (Fsp3) is 0.500. The highest BCUT2D eigenvalue weighted by molar-refractivity contribution is 5.76. The monoisotopic (exact) mass is 317 g/mol. The minimum absolute atomic E-state index is 0.123. The Bertz CT molecular complexity index is 795. The van der Waals surface area contributed by atoms with Gasteiger partial charge in [-0.2, -0.15) is 5.10 Å². The maximum atomic E-state index is 12.6. The van der Waals surface area contributed by atoms with E-state index in [1.165, 1.54) is 4.57 Å². The maximum absolute atomic E-state index is 12.6. The van der Waals surface area contributed by atoms with E-state index in [1.807, 2.05) is 20.8 Å². The van der Waals surface area contributed by atoms with Gasteiger partial charge >= 0.3 is 0 Å². The first kappa shape index (κ1) is 16.9. The van der Waals surface area contributed by atoms with Crippen LogP contribution in [0.3, 0.4) is 0 Å². The van der Waals surface area contributed by atoms with Crippen LogP contribution in [0.2, 0.25) is 0 Å². The van der Waals surface area contributed by atoms with Crippen molar-refractivity contribution in [2.75, 3.05) is 6.54 Å². The van der Waals surface area contributed by atoms with Crippen molar-refractivity contribution in [3.8, 4) is 0 Å². The minimum Gasteiger partial charge on any atom is -0.353 e. The molecule has 0 aromatic carbocycles. The molecule has 0 unspecified atom stereocenters. The summed E-state index contributed by atoms with van der Waals surface area (Å²) in [6.07, 6.45) is 3.38. The Morgan fingerprint density at radius 2 is 2.13 bits per heavy atom. The zero-order chi connectivity index (χ0) is 17.2. The topological polar surface area (TPSA) is 81.8 Å². The summed E-state index contributed by atoms with van der Waals surface area (Å²) in [5.74, 6) is 0.451. The molecule has 1 amide bonds. The lowest BCUT2D eigenvalue weighted by atomic mass is 10.1. The van der Waals surface area contributed by atoms with E-state index >= 15 is 0 Å². The zero-order valence-electron chi connectivity index (χ0n) is 14.1. The lowest BCUT2D eigenvalue weighted by molar-refractivity contribution is -0.121. The van der Waals surface area contributed by atoms with Crippen LogP contribution in [0.15, 0.2) is 23.6 Å². The Labute approximate surface area is 135 Å². The van der Waals surface area contributed by atoms with Crippen LogP contribution in [-0.2, 0) is 16.9 Å². The van der Waals surface area contributed by atoms with Crippen LogP contribution in [0.25, 0.3) is 11.0 Å². The summed E-state index contributed by atoms with van der Waals surface area (Å²) in [7, 11) is 0. The first-order valence-corrected chi connectivity index (χ1v) is 7.59. The molecule has 0 atom stereocenters. The Kier molecular flexibility index (Phi) is 4.68. The molecule has 7 heteroatoms. The third-order valence-electron chi connectivity index (χ3n) is 3.52. The van der Waals surface area contributed by atoms with Gasteiger partial charge in [0.2, 0.25) is 5.91 Å². The molecule has 23 heavy (non-hydrogen) atoms. The summed E-state index contributed by atoms with van der Waals surface area (Å²) in [6.45, 7) is 12.0. The summed E-state index contributed by atoms with van der Waals surface area (Å²) < 4.78 is 3.27. The van der Waals surface area contributed by atoms with Gasteiger partial charge in [0, 0.05) is 19.5 Å². The van der Waals surface area contributed by atoms with Crippen molar-refractivity contribution >= 4 is 16.9 Å².